The maximum Gasteiger partial charge on any atom is 0.310 e. The summed E-state index contributed by atoms with van der Waals surface area (Å²) in [6, 6.07) is 16.6. The van der Waals surface area contributed by atoms with Crippen LogP contribution in [0, 0.1) is 25.2 Å². The Labute approximate surface area is 209 Å². The number of ether oxygens (including phenoxy) is 2. The smallest absolute Gasteiger partial charge is 0.310 e. The molecule has 0 spiro atoms. The van der Waals surface area contributed by atoms with Gasteiger partial charge < -0.3 is 23.8 Å². The van der Waals surface area contributed by atoms with Crippen LogP contribution >= 0.6 is 0 Å². The first-order valence-corrected chi connectivity index (χ1v) is 11.3. The van der Waals surface area contributed by atoms with Gasteiger partial charge in [-0.15, -0.1) is 0 Å². The third kappa shape index (κ3) is 4.93. The number of benzene rings is 2. The van der Waals surface area contributed by atoms with E-state index in [-0.39, 0.29) is 12.0 Å². The third-order valence-electron chi connectivity index (χ3n) is 6.05. The number of hydrogen-bond acceptors (Lipinski definition) is 9. The number of hydrogen-bond donors (Lipinski definition) is 0. The molecule has 4 rings (SSSR count). The summed E-state index contributed by atoms with van der Waals surface area (Å²) in [5.41, 5.74) is 4.09. The molecule has 0 amide bonds. The third-order valence-corrected chi connectivity index (χ3v) is 6.05. The van der Waals surface area contributed by atoms with Crippen molar-refractivity contribution in [3.05, 3.63) is 82.5 Å². The minimum atomic E-state index is -0.563. The number of para-hydroxylation sites is 2. The molecule has 36 heavy (non-hydrogen) atoms. The van der Waals surface area contributed by atoms with Gasteiger partial charge in [0.15, 0.2) is 6.61 Å². The van der Waals surface area contributed by atoms with Crippen LogP contribution in [0.1, 0.15) is 22.6 Å². The Morgan fingerprint density at radius 2 is 1.67 bits per heavy atom. The average molecular weight is 487 g/mol. The molecule has 0 unspecified atom stereocenters. The van der Waals surface area contributed by atoms with E-state index in [0.29, 0.717) is 29.5 Å². The van der Waals surface area contributed by atoms with Crippen LogP contribution in [0.4, 0.5) is 11.4 Å². The minimum Gasteiger partial charge on any atom is -0.489 e. The second kappa shape index (κ2) is 10.4. The van der Waals surface area contributed by atoms with Crippen LogP contribution in [0.15, 0.2) is 64.4 Å². The molecule has 0 aliphatic carbocycles. The lowest BCUT2D eigenvalue weighted by Gasteiger charge is -2.19. The van der Waals surface area contributed by atoms with Crippen LogP contribution < -0.4 is 14.5 Å². The Morgan fingerprint density at radius 1 is 1.03 bits per heavy atom. The molecular weight excluding hydrogens is 460 g/mol. The highest BCUT2D eigenvalue weighted by Gasteiger charge is 2.31. The molecular formula is C27H26N4O5. The van der Waals surface area contributed by atoms with E-state index in [1.54, 1.807) is 48.2 Å². The minimum absolute atomic E-state index is 0.0128. The first kappa shape index (κ1) is 24.5. The SMILES string of the molecule is Cc1noc(C)c1COc1ccc(CC(=O)OCC(=O)C(C#N)=C2N(C)c3ccccc3N2C)cc1. The summed E-state index contributed by atoms with van der Waals surface area (Å²) in [5, 5.41) is 13.6. The van der Waals surface area contributed by atoms with Gasteiger partial charge in [0, 0.05) is 14.1 Å². The number of fused-ring (bicyclic) bond motifs is 1. The second-order valence-corrected chi connectivity index (χ2v) is 8.41. The topological polar surface area (TPSA) is 109 Å². The van der Waals surface area contributed by atoms with Gasteiger partial charge in [-0.25, -0.2) is 0 Å². The van der Waals surface area contributed by atoms with Crippen molar-refractivity contribution < 1.29 is 23.6 Å². The lowest BCUT2D eigenvalue weighted by Crippen LogP contribution is -2.28. The number of Topliss-reactive ketones (excluding diaryl/α,β-unsaturated/α-hetero) is 1. The standard InChI is InChI=1S/C27H26N4O5/c1-17-22(18(2)36-29-17)15-34-20-11-9-19(10-12-20)13-26(33)35-16-25(32)21(14-28)27-30(3)23-7-5-6-8-24(23)31(27)4/h5-12H,13,15-16H2,1-4H3. The van der Waals surface area contributed by atoms with Crippen LogP contribution in [0.25, 0.3) is 0 Å². The monoisotopic (exact) mass is 486 g/mol. The zero-order valence-electron chi connectivity index (χ0n) is 20.6. The Bertz CT molecular complexity index is 1320. The molecule has 0 atom stereocenters. The first-order chi connectivity index (χ1) is 17.3. The lowest BCUT2D eigenvalue weighted by atomic mass is 10.1. The van der Waals surface area contributed by atoms with Gasteiger partial charge in [0.1, 0.15) is 35.6 Å². The molecule has 0 radical (unpaired) electrons. The van der Waals surface area contributed by atoms with Crippen LogP contribution in [-0.2, 0) is 27.4 Å². The van der Waals surface area contributed by atoms with Gasteiger partial charge in [-0.1, -0.05) is 29.4 Å². The van der Waals surface area contributed by atoms with Crippen molar-refractivity contribution >= 4 is 23.1 Å². The Kier molecular flexibility index (Phi) is 7.06. The van der Waals surface area contributed by atoms with E-state index in [0.717, 1.165) is 22.6 Å². The average Bonchev–Trinajstić information content (AvgIpc) is 3.33. The van der Waals surface area contributed by atoms with Crippen molar-refractivity contribution in [1.29, 1.82) is 5.26 Å². The Balaban J connectivity index is 1.33. The number of aromatic nitrogens is 1. The Hall–Kier alpha value is -4.58. The highest BCUT2D eigenvalue weighted by molar-refractivity contribution is 6.03. The number of esters is 1. The number of carbonyl (C=O) groups excluding carboxylic acids is 2. The largest absolute Gasteiger partial charge is 0.489 e. The fraction of sp³-hybridized carbons (Fsp3) is 0.259. The molecule has 0 bridgehead atoms. The number of rotatable bonds is 8. The van der Waals surface area contributed by atoms with Crippen molar-refractivity contribution in [3.63, 3.8) is 0 Å². The second-order valence-electron chi connectivity index (χ2n) is 8.41. The predicted molar refractivity (Wildman–Crippen MR) is 132 cm³/mol. The van der Waals surface area contributed by atoms with Gasteiger partial charge in [-0.05, 0) is 43.7 Å². The zero-order valence-corrected chi connectivity index (χ0v) is 20.6. The van der Waals surface area contributed by atoms with Crippen molar-refractivity contribution in [1.82, 2.24) is 5.16 Å². The van der Waals surface area contributed by atoms with E-state index >= 15 is 0 Å². The van der Waals surface area contributed by atoms with Gasteiger partial charge in [0.2, 0.25) is 5.78 Å². The van der Waals surface area contributed by atoms with Crippen molar-refractivity contribution in [2.45, 2.75) is 26.9 Å². The van der Waals surface area contributed by atoms with Gasteiger partial charge in [-0.2, -0.15) is 5.26 Å². The molecule has 1 aliphatic heterocycles. The maximum atomic E-state index is 12.8. The number of nitriles is 1. The van der Waals surface area contributed by atoms with Crippen LogP contribution in [0.2, 0.25) is 0 Å². The number of carbonyl (C=O) groups is 2. The summed E-state index contributed by atoms with van der Waals surface area (Å²) in [4.78, 5) is 28.7. The summed E-state index contributed by atoms with van der Waals surface area (Å²) in [6.07, 6.45) is -0.0128. The molecule has 9 nitrogen and oxygen atoms in total. The van der Waals surface area contributed by atoms with Crippen molar-refractivity contribution in [3.8, 4) is 11.8 Å². The zero-order chi connectivity index (χ0) is 25.8. The fourth-order valence-electron chi connectivity index (χ4n) is 4.06. The molecule has 0 saturated heterocycles. The summed E-state index contributed by atoms with van der Waals surface area (Å²) < 4.78 is 16.1. The fourth-order valence-corrected chi connectivity index (χ4v) is 4.06. The lowest BCUT2D eigenvalue weighted by molar-refractivity contribution is -0.146. The number of anilines is 2. The summed E-state index contributed by atoms with van der Waals surface area (Å²) in [7, 11) is 3.58. The van der Waals surface area contributed by atoms with E-state index in [9.17, 15) is 14.9 Å². The summed E-state index contributed by atoms with van der Waals surface area (Å²) >= 11 is 0. The molecule has 2 aromatic carbocycles. The highest BCUT2D eigenvalue weighted by atomic mass is 16.5. The highest BCUT2D eigenvalue weighted by Crippen LogP contribution is 2.40. The van der Waals surface area contributed by atoms with E-state index in [1.165, 1.54) is 0 Å². The molecule has 0 saturated carbocycles. The van der Waals surface area contributed by atoms with Crippen molar-refractivity contribution in [2.75, 3.05) is 30.5 Å². The normalized spacial score (nSPS) is 12.2. The van der Waals surface area contributed by atoms with Crippen molar-refractivity contribution in [2.24, 2.45) is 0 Å². The molecule has 9 heteroatoms. The summed E-state index contributed by atoms with van der Waals surface area (Å²) in [5.74, 6) is 0.680. The van der Waals surface area contributed by atoms with E-state index in [1.807, 2.05) is 44.2 Å². The van der Waals surface area contributed by atoms with Gasteiger partial charge in [0.05, 0.1) is 29.1 Å². The van der Waals surface area contributed by atoms with E-state index in [4.69, 9.17) is 14.0 Å². The van der Waals surface area contributed by atoms with Crippen LogP contribution in [-0.4, -0.2) is 37.6 Å². The molecule has 0 N–H and O–H groups in total. The number of aryl methyl sites for hydroxylation is 2. The van der Waals surface area contributed by atoms with Gasteiger partial charge in [0.25, 0.3) is 0 Å². The molecule has 1 aliphatic rings. The first-order valence-electron chi connectivity index (χ1n) is 11.3. The Morgan fingerprint density at radius 3 is 2.22 bits per heavy atom. The van der Waals surface area contributed by atoms with Crippen LogP contribution in [0.3, 0.4) is 0 Å². The molecule has 1 aromatic heterocycles. The number of ketones is 1. The maximum absolute atomic E-state index is 12.8. The molecule has 2 heterocycles. The van der Waals surface area contributed by atoms with E-state index < -0.39 is 18.4 Å². The van der Waals surface area contributed by atoms with Gasteiger partial charge >= 0.3 is 5.97 Å². The summed E-state index contributed by atoms with van der Waals surface area (Å²) in [6.45, 7) is 3.50. The quantitative estimate of drug-likeness (QED) is 0.266. The molecule has 3 aromatic rings. The molecule has 184 valence electrons. The predicted octanol–water partition coefficient (Wildman–Crippen LogP) is 3.85. The van der Waals surface area contributed by atoms with E-state index in [2.05, 4.69) is 5.16 Å². The van der Waals surface area contributed by atoms with Crippen LogP contribution in [0.5, 0.6) is 5.75 Å². The molecule has 0 fully saturated rings. The van der Waals surface area contributed by atoms with Gasteiger partial charge in [-0.3, -0.25) is 9.59 Å². The number of nitrogens with zero attached hydrogens (tertiary/aromatic N) is 4.